The van der Waals surface area contributed by atoms with Gasteiger partial charge in [-0.25, -0.2) is 0 Å². The van der Waals surface area contributed by atoms with Gasteiger partial charge in [-0.15, -0.1) is 0 Å². The fraction of sp³-hybridized carbons (Fsp3) is 0.458. The molecule has 29 heavy (non-hydrogen) atoms. The third kappa shape index (κ3) is 5.02. The van der Waals surface area contributed by atoms with Gasteiger partial charge >= 0.3 is 0 Å². The molecule has 1 atom stereocenters. The van der Waals surface area contributed by atoms with E-state index in [9.17, 15) is 0 Å². The van der Waals surface area contributed by atoms with E-state index in [0.717, 1.165) is 42.0 Å². The molecule has 0 amide bonds. The normalized spacial score (nSPS) is 20.4. The molecule has 4 nitrogen and oxygen atoms in total. The molecule has 1 aliphatic heterocycles. The minimum Gasteiger partial charge on any atom is -0.490 e. The van der Waals surface area contributed by atoms with E-state index >= 15 is 0 Å². The van der Waals surface area contributed by atoms with Crippen molar-refractivity contribution < 1.29 is 9.47 Å². The smallest absolute Gasteiger partial charge is 0.171 e. The van der Waals surface area contributed by atoms with Crippen molar-refractivity contribution in [1.29, 1.82) is 0 Å². The van der Waals surface area contributed by atoms with Crippen molar-refractivity contribution in [1.82, 2.24) is 5.32 Å². The summed E-state index contributed by atoms with van der Waals surface area (Å²) in [7, 11) is 0. The Morgan fingerprint density at radius 1 is 1.10 bits per heavy atom. The van der Waals surface area contributed by atoms with Gasteiger partial charge in [0, 0.05) is 17.7 Å². The first-order valence-corrected chi connectivity index (χ1v) is 10.9. The van der Waals surface area contributed by atoms with E-state index in [0.29, 0.717) is 11.2 Å². The molecule has 1 heterocycles. The molecule has 2 aromatic rings. The van der Waals surface area contributed by atoms with Gasteiger partial charge in [0.15, 0.2) is 5.11 Å². The average molecular weight is 411 g/mol. The molecule has 0 saturated heterocycles. The Kier molecular flexibility index (Phi) is 5.68. The summed E-state index contributed by atoms with van der Waals surface area (Å²) in [4.78, 5) is 0. The standard InChI is InChI=1S/C24H30N2O2S/c1-16-8-13-20-21(15-24(2,3)28-22(20)14-16)26-23(29)25-17-9-11-19(12-10-17)27-18-6-4-5-7-18/h8-14,18,21H,4-7,15H2,1-3H3,(H2,25,26,29). The Labute approximate surface area is 179 Å². The quantitative estimate of drug-likeness (QED) is 0.614. The lowest BCUT2D eigenvalue weighted by molar-refractivity contribution is 0.0696. The fourth-order valence-electron chi connectivity index (χ4n) is 4.23. The van der Waals surface area contributed by atoms with Crippen molar-refractivity contribution in [2.75, 3.05) is 5.32 Å². The average Bonchev–Trinajstić information content (AvgIpc) is 3.15. The van der Waals surface area contributed by atoms with Crippen molar-refractivity contribution in [2.45, 2.75) is 70.6 Å². The second kappa shape index (κ2) is 8.23. The number of aryl methyl sites for hydroxylation is 1. The van der Waals surface area contributed by atoms with Gasteiger partial charge < -0.3 is 20.1 Å². The van der Waals surface area contributed by atoms with Crippen LogP contribution in [-0.4, -0.2) is 16.8 Å². The Hall–Kier alpha value is -2.27. The van der Waals surface area contributed by atoms with Gasteiger partial charge in [-0.2, -0.15) is 0 Å². The van der Waals surface area contributed by atoms with Gasteiger partial charge in [0.25, 0.3) is 0 Å². The first-order valence-electron chi connectivity index (χ1n) is 10.5. The van der Waals surface area contributed by atoms with E-state index in [-0.39, 0.29) is 11.6 Å². The maximum atomic E-state index is 6.18. The van der Waals surface area contributed by atoms with Gasteiger partial charge in [-0.1, -0.05) is 12.1 Å². The van der Waals surface area contributed by atoms with E-state index in [1.807, 2.05) is 24.3 Å². The molecule has 5 heteroatoms. The lowest BCUT2D eigenvalue weighted by atomic mass is 9.89. The monoisotopic (exact) mass is 410 g/mol. The second-order valence-electron chi connectivity index (χ2n) is 8.81. The van der Waals surface area contributed by atoms with Crippen LogP contribution in [0.2, 0.25) is 0 Å². The lowest BCUT2D eigenvalue weighted by Crippen LogP contribution is -2.42. The van der Waals surface area contributed by atoms with Crippen LogP contribution in [0.5, 0.6) is 11.5 Å². The first kappa shape index (κ1) is 20.0. The first-order chi connectivity index (χ1) is 13.9. The Balaban J connectivity index is 1.39. The number of rotatable bonds is 4. The Morgan fingerprint density at radius 3 is 2.55 bits per heavy atom. The van der Waals surface area contributed by atoms with Crippen molar-refractivity contribution in [3.05, 3.63) is 53.6 Å². The van der Waals surface area contributed by atoms with Crippen LogP contribution < -0.4 is 20.1 Å². The van der Waals surface area contributed by atoms with Crippen molar-refractivity contribution in [3.8, 4) is 11.5 Å². The highest BCUT2D eigenvalue weighted by molar-refractivity contribution is 7.80. The van der Waals surface area contributed by atoms with E-state index in [1.54, 1.807) is 0 Å². The molecule has 1 saturated carbocycles. The summed E-state index contributed by atoms with van der Waals surface area (Å²) in [5, 5.41) is 7.40. The maximum Gasteiger partial charge on any atom is 0.171 e. The van der Waals surface area contributed by atoms with Crippen LogP contribution in [-0.2, 0) is 0 Å². The number of ether oxygens (including phenoxy) is 2. The summed E-state index contributed by atoms with van der Waals surface area (Å²) in [5.41, 5.74) is 3.06. The van der Waals surface area contributed by atoms with Crippen LogP contribution in [0.25, 0.3) is 0 Å². The van der Waals surface area contributed by atoms with Crippen LogP contribution in [0.4, 0.5) is 5.69 Å². The van der Waals surface area contributed by atoms with Crippen molar-refractivity contribution in [3.63, 3.8) is 0 Å². The molecule has 154 valence electrons. The molecule has 0 aromatic heterocycles. The fourth-order valence-corrected chi connectivity index (χ4v) is 4.49. The van der Waals surface area contributed by atoms with E-state index in [1.165, 1.54) is 18.4 Å². The number of hydrogen-bond donors (Lipinski definition) is 2. The number of nitrogens with one attached hydrogen (secondary N) is 2. The molecule has 1 fully saturated rings. The van der Waals surface area contributed by atoms with E-state index < -0.39 is 0 Å². The Bertz CT molecular complexity index is 873. The summed E-state index contributed by atoms with van der Waals surface area (Å²) in [5.74, 6) is 1.87. The molecule has 2 aromatic carbocycles. The molecule has 0 bridgehead atoms. The summed E-state index contributed by atoms with van der Waals surface area (Å²) >= 11 is 5.60. The summed E-state index contributed by atoms with van der Waals surface area (Å²) in [6.45, 7) is 6.32. The van der Waals surface area contributed by atoms with Gasteiger partial charge in [0.05, 0.1) is 12.1 Å². The van der Waals surface area contributed by atoms with Crippen LogP contribution in [0.3, 0.4) is 0 Å². The van der Waals surface area contributed by atoms with E-state index in [4.69, 9.17) is 21.7 Å². The number of hydrogen-bond acceptors (Lipinski definition) is 3. The lowest BCUT2D eigenvalue weighted by Gasteiger charge is -2.38. The SMILES string of the molecule is Cc1ccc2c(c1)OC(C)(C)CC2NC(=S)Nc1ccc(OC2CCCC2)cc1. The minimum atomic E-state index is -0.243. The van der Waals surface area contributed by atoms with Crippen LogP contribution in [0.15, 0.2) is 42.5 Å². The number of anilines is 1. The second-order valence-corrected chi connectivity index (χ2v) is 9.22. The summed E-state index contributed by atoms with van der Waals surface area (Å²) in [6, 6.07) is 14.5. The Morgan fingerprint density at radius 2 is 1.83 bits per heavy atom. The third-order valence-corrected chi connectivity index (χ3v) is 5.87. The largest absolute Gasteiger partial charge is 0.490 e. The number of thiocarbonyl (C=S) groups is 1. The highest BCUT2D eigenvalue weighted by Crippen LogP contribution is 2.40. The van der Waals surface area contributed by atoms with E-state index in [2.05, 4.69) is 49.6 Å². The molecule has 2 N–H and O–H groups in total. The van der Waals surface area contributed by atoms with Crippen LogP contribution in [0.1, 0.15) is 63.1 Å². The third-order valence-electron chi connectivity index (χ3n) is 5.65. The van der Waals surface area contributed by atoms with Gasteiger partial charge in [0.1, 0.15) is 17.1 Å². The van der Waals surface area contributed by atoms with Crippen molar-refractivity contribution in [2.24, 2.45) is 0 Å². The van der Waals surface area contributed by atoms with Crippen LogP contribution >= 0.6 is 12.2 Å². The summed E-state index contributed by atoms with van der Waals surface area (Å²) < 4.78 is 12.2. The number of benzene rings is 2. The van der Waals surface area contributed by atoms with Gasteiger partial charge in [-0.3, -0.25) is 0 Å². The minimum absolute atomic E-state index is 0.110. The molecule has 2 aliphatic rings. The van der Waals surface area contributed by atoms with Crippen molar-refractivity contribution >= 4 is 23.0 Å². The topological polar surface area (TPSA) is 42.5 Å². The zero-order valence-electron chi connectivity index (χ0n) is 17.5. The molecule has 0 spiro atoms. The summed E-state index contributed by atoms with van der Waals surface area (Å²) in [6.07, 6.45) is 6.09. The highest BCUT2D eigenvalue weighted by Gasteiger charge is 2.34. The predicted octanol–water partition coefficient (Wildman–Crippen LogP) is 5.91. The highest BCUT2D eigenvalue weighted by atomic mass is 32.1. The molecule has 1 aliphatic carbocycles. The zero-order chi connectivity index (χ0) is 20.4. The number of fused-ring (bicyclic) bond motifs is 1. The molecule has 1 unspecified atom stereocenters. The van der Waals surface area contributed by atoms with Crippen LogP contribution in [0, 0.1) is 6.92 Å². The molecular formula is C24H30N2O2S. The maximum absolute atomic E-state index is 6.18. The molecule has 0 radical (unpaired) electrons. The zero-order valence-corrected chi connectivity index (χ0v) is 18.3. The van der Waals surface area contributed by atoms with Gasteiger partial charge in [0.2, 0.25) is 0 Å². The van der Waals surface area contributed by atoms with Gasteiger partial charge in [-0.05, 0) is 94.6 Å². The molecule has 4 rings (SSSR count). The molecular weight excluding hydrogens is 380 g/mol. The predicted molar refractivity (Wildman–Crippen MR) is 122 cm³/mol.